The van der Waals surface area contributed by atoms with Crippen molar-refractivity contribution in [2.75, 3.05) is 13.2 Å². The summed E-state index contributed by atoms with van der Waals surface area (Å²) in [7, 11) is 0. The van der Waals surface area contributed by atoms with Crippen LogP contribution in [0.4, 0.5) is 4.39 Å². The van der Waals surface area contributed by atoms with Crippen LogP contribution in [0, 0.1) is 5.82 Å². The molecule has 6 heteroatoms. The second kappa shape index (κ2) is 5.46. The van der Waals surface area contributed by atoms with Gasteiger partial charge in [-0.15, -0.1) is 0 Å². The molecule has 0 spiro atoms. The molecule has 0 amide bonds. The fraction of sp³-hybridized carbons (Fsp3) is 0.235. The molecular formula is C17H15FN2O3. The lowest BCUT2D eigenvalue weighted by atomic mass is 9.98. The van der Waals surface area contributed by atoms with Crippen LogP contribution < -0.4 is 14.9 Å². The van der Waals surface area contributed by atoms with E-state index in [4.69, 9.17) is 9.47 Å². The second-order valence-electron chi connectivity index (χ2n) is 5.51. The molecule has 2 aromatic carbocycles. The van der Waals surface area contributed by atoms with Gasteiger partial charge in [-0.25, -0.2) is 4.39 Å². The van der Waals surface area contributed by atoms with Gasteiger partial charge < -0.3 is 20.0 Å². The summed E-state index contributed by atoms with van der Waals surface area (Å²) in [5.74, 6) is 1.08. The van der Waals surface area contributed by atoms with Crippen molar-refractivity contribution in [3.63, 3.8) is 0 Å². The summed E-state index contributed by atoms with van der Waals surface area (Å²) in [5.41, 5.74) is 5.08. The van der Waals surface area contributed by atoms with Crippen molar-refractivity contribution in [1.29, 1.82) is 0 Å². The van der Waals surface area contributed by atoms with Crippen molar-refractivity contribution in [2.45, 2.75) is 12.5 Å². The summed E-state index contributed by atoms with van der Waals surface area (Å²) in [6.07, 6.45) is 0.552. The maximum absolute atomic E-state index is 13.4. The van der Waals surface area contributed by atoms with Gasteiger partial charge in [0.1, 0.15) is 24.8 Å². The van der Waals surface area contributed by atoms with Crippen molar-refractivity contribution in [3.8, 4) is 17.2 Å². The van der Waals surface area contributed by atoms with E-state index in [1.54, 1.807) is 0 Å². The zero-order chi connectivity index (χ0) is 15.8. The summed E-state index contributed by atoms with van der Waals surface area (Å²) >= 11 is 0. The molecule has 0 saturated heterocycles. The monoisotopic (exact) mass is 314 g/mol. The SMILES string of the molecule is Oc1ccc(F)cc1C1=NN[C@H](c2ccc3c(c2)OCCO3)C1. The van der Waals surface area contributed by atoms with Gasteiger partial charge in [0.2, 0.25) is 0 Å². The molecule has 2 N–H and O–H groups in total. The number of nitrogens with one attached hydrogen (secondary N) is 1. The van der Waals surface area contributed by atoms with Crippen LogP contribution in [0.3, 0.4) is 0 Å². The summed E-state index contributed by atoms with van der Waals surface area (Å²) in [6.45, 7) is 1.09. The molecule has 2 heterocycles. The highest BCUT2D eigenvalue weighted by atomic mass is 19.1. The van der Waals surface area contributed by atoms with Gasteiger partial charge in [-0.1, -0.05) is 6.07 Å². The Morgan fingerprint density at radius 2 is 1.91 bits per heavy atom. The van der Waals surface area contributed by atoms with E-state index in [0.717, 1.165) is 17.1 Å². The zero-order valence-corrected chi connectivity index (χ0v) is 12.3. The molecule has 2 aliphatic rings. The number of halogens is 1. The lowest BCUT2D eigenvalue weighted by Gasteiger charge is -2.20. The average Bonchev–Trinajstić information content (AvgIpc) is 3.06. The molecule has 0 radical (unpaired) electrons. The highest BCUT2D eigenvalue weighted by Gasteiger charge is 2.25. The first-order valence-electron chi connectivity index (χ1n) is 7.41. The molecule has 23 heavy (non-hydrogen) atoms. The molecule has 0 aliphatic carbocycles. The maximum Gasteiger partial charge on any atom is 0.161 e. The predicted molar refractivity (Wildman–Crippen MR) is 82.5 cm³/mol. The van der Waals surface area contributed by atoms with Crippen LogP contribution in [0.15, 0.2) is 41.5 Å². The number of fused-ring (bicyclic) bond motifs is 1. The molecule has 0 saturated carbocycles. The summed E-state index contributed by atoms with van der Waals surface area (Å²) in [4.78, 5) is 0. The first-order chi connectivity index (χ1) is 11.2. The van der Waals surface area contributed by atoms with E-state index in [9.17, 15) is 9.50 Å². The van der Waals surface area contributed by atoms with E-state index < -0.39 is 5.82 Å². The third-order valence-electron chi connectivity index (χ3n) is 3.99. The Kier molecular flexibility index (Phi) is 3.29. The van der Waals surface area contributed by atoms with Crippen LogP contribution in [0.2, 0.25) is 0 Å². The van der Waals surface area contributed by atoms with E-state index in [-0.39, 0.29) is 11.8 Å². The largest absolute Gasteiger partial charge is 0.507 e. The topological polar surface area (TPSA) is 63.1 Å². The van der Waals surface area contributed by atoms with Gasteiger partial charge in [0.05, 0.1) is 11.8 Å². The van der Waals surface area contributed by atoms with Crippen LogP contribution in [0.25, 0.3) is 0 Å². The minimum absolute atomic E-state index is 0.0229. The minimum atomic E-state index is -0.400. The van der Waals surface area contributed by atoms with E-state index in [0.29, 0.717) is 30.9 Å². The molecule has 118 valence electrons. The smallest absolute Gasteiger partial charge is 0.161 e. The normalized spacial score (nSPS) is 19.2. The van der Waals surface area contributed by atoms with Crippen molar-refractivity contribution in [3.05, 3.63) is 53.3 Å². The van der Waals surface area contributed by atoms with Crippen molar-refractivity contribution >= 4 is 5.71 Å². The van der Waals surface area contributed by atoms with Crippen molar-refractivity contribution < 1.29 is 19.0 Å². The van der Waals surface area contributed by atoms with E-state index in [1.807, 2.05) is 18.2 Å². The van der Waals surface area contributed by atoms with Crippen LogP contribution in [0.1, 0.15) is 23.6 Å². The molecule has 2 aliphatic heterocycles. The Hall–Kier alpha value is -2.76. The third-order valence-corrected chi connectivity index (χ3v) is 3.99. The Morgan fingerprint density at radius 3 is 2.78 bits per heavy atom. The van der Waals surface area contributed by atoms with Gasteiger partial charge in [-0.05, 0) is 35.9 Å². The molecule has 0 bridgehead atoms. The van der Waals surface area contributed by atoms with Crippen molar-refractivity contribution in [1.82, 2.24) is 5.43 Å². The lowest BCUT2D eigenvalue weighted by Crippen LogP contribution is -2.16. The van der Waals surface area contributed by atoms with Gasteiger partial charge in [0, 0.05) is 12.0 Å². The standard InChI is InChI=1S/C17H15FN2O3/c18-11-2-3-15(21)12(8-11)14-9-13(19-20-14)10-1-4-16-17(7-10)23-6-5-22-16/h1-4,7-8,13,19,21H,5-6,9H2/t13-/m0/s1. The number of phenolic OH excluding ortho intramolecular Hbond substituents is 1. The third kappa shape index (κ3) is 2.56. The van der Waals surface area contributed by atoms with Gasteiger partial charge in [-0.3, -0.25) is 0 Å². The molecule has 5 nitrogen and oxygen atoms in total. The van der Waals surface area contributed by atoms with E-state index in [1.165, 1.54) is 18.2 Å². The Balaban J connectivity index is 1.57. The molecule has 0 fully saturated rings. The summed E-state index contributed by atoms with van der Waals surface area (Å²) in [6, 6.07) is 9.56. The lowest BCUT2D eigenvalue weighted by molar-refractivity contribution is 0.171. The highest BCUT2D eigenvalue weighted by Crippen LogP contribution is 2.35. The van der Waals surface area contributed by atoms with E-state index in [2.05, 4.69) is 10.5 Å². The number of phenols is 1. The molecule has 4 rings (SSSR count). The Labute approximate surface area is 132 Å². The highest BCUT2D eigenvalue weighted by molar-refractivity contribution is 6.03. The number of aromatic hydroxyl groups is 1. The Bertz CT molecular complexity index is 791. The fourth-order valence-electron chi connectivity index (χ4n) is 2.82. The predicted octanol–water partition coefficient (Wildman–Crippen LogP) is 2.74. The maximum atomic E-state index is 13.4. The van der Waals surface area contributed by atoms with Crippen LogP contribution in [-0.4, -0.2) is 24.0 Å². The number of hydrogen-bond donors (Lipinski definition) is 2. The zero-order valence-electron chi connectivity index (χ0n) is 12.3. The van der Waals surface area contributed by atoms with Gasteiger partial charge >= 0.3 is 0 Å². The number of hydrogen-bond acceptors (Lipinski definition) is 5. The molecule has 1 atom stereocenters. The van der Waals surface area contributed by atoms with Crippen molar-refractivity contribution in [2.24, 2.45) is 5.10 Å². The quantitative estimate of drug-likeness (QED) is 0.895. The number of nitrogens with zero attached hydrogens (tertiary/aromatic N) is 1. The average molecular weight is 314 g/mol. The number of rotatable bonds is 2. The fourth-order valence-corrected chi connectivity index (χ4v) is 2.82. The van der Waals surface area contributed by atoms with Crippen LogP contribution in [0.5, 0.6) is 17.2 Å². The number of ether oxygens (including phenoxy) is 2. The molecular weight excluding hydrogens is 299 g/mol. The Morgan fingerprint density at radius 1 is 1.09 bits per heavy atom. The summed E-state index contributed by atoms with van der Waals surface area (Å²) < 4.78 is 24.5. The minimum Gasteiger partial charge on any atom is -0.507 e. The van der Waals surface area contributed by atoms with Gasteiger partial charge in [-0.2, -0.15) is 5.10 Å². The van der Waals surface area contributed by atoms with E-state index >= 15 is 0 Å². The van der Waals surface area contributed by atoms with Gasteiger partial charge in [0.25, 0.3) is 0 Å². The van der Waals surface area contributed by atoms with Gasteiger partial charge in [0.15, 0.2) is 11.5 Å². The number of hydrazone groups is 1. The summed E-state index contributed by atoms with van der Waals surface area (Å²) in [5, 5.41) is 14.1. The first kappa shape index (κ1) is 13.9. The molecule has 0 unspecified atom stereocenters. The molecule has 2 aromatic rings. The van der Waals surface area contributed by atoms with Crippen LogP contribution >= 0.6 is 0 Å². The number of benzene rings is 2. The van der Waals surface area contributed by atoms with Crippen LogP contribution in [-0.2, 0) is 0 Å². The molecule has 0 aromatic heterocycles. The first-order valence-corrected chi connectivity index (χ1v) is 7.41. The second-order valence-corrected chi connectivity index (χ2v) is 5.51.